The molecule has 17 heavy (non-hydrogen) atoms. The van der Waals surface area contributed by atoms with E-state index in [2.05, 4.69) is 0 Å². The van der Waals surface area contributed by atoms with Crippen molar-refractivity contribution in [3.8, 4) is 0 Å². The minimum absolute atomic E-state index is 0.0475. The zero-order chi connectivity index (χ0) is 12.7. The Morgan fingerprint density at radius 2 is 1.94 bits per heavy atom. The van der Waals surface area contributed by atoms with Crippen LogP contribution in [0.15, 0.2) is 0 Å². The van der Waals surface area contributed by atoms with Crippen molar-refractivity contribution in [1.82, 2.24) is 0 Å². The molecule has 98 valence electrons. The Bertz CT molecular complexity index is 259. The first-order valence-corrected chi connectivity index (χ1v) is 6.21. The summed E-state index contributed by atoms with van der Waals surface area (Å²) in [5, 5.41) is 0. The van der Waals surface area contributed by atoms with Crippen LogP contribution < -0.4 is 5.73 Å². The van der Waals surface area contributed by atoms with E-state index >= 15 is 0 Å². The fourth-order valence-electron chi connectivity index (χ4n) is 1.79. The molecule has 0 amide bonds. The van der Waals surface area contributed by atoms with E-state index in [4.69, 9.17) is 15.2 Å². The first-order chi connectivity index (χ1) is 8.09. The van der Waals surface area contributed by atoms with Crippen molar-refractivity contribution in [1.29, 1.82) is 0 Å². The van der Waals surface area contributed by atoms with E-state index in [1.807, 2.05) is 0 Å². The average molecular weight is 243 g/mol. The van der Waals surface area contributed by atoms with Gasteiger partial charge in [0.1, 0.15) is 18.8 Å². The minimum Gasteiger partial charge on any atom is -0.464 e. The molecule has 0 aromatic rings. The van der Waals surface area contributed by atoms with Gasteiger partial charge in [-0.1, -0.05) is 6.42 Å². The van der Waals surface area contributed by atoms with Gasteiger partial charge in [0.25, 0.3) is 0 Å². The van der Waals surface area contributed by atoms with E-state index in [1.165, 1.54) is 6.42 Å². The predicted octanol–water partition coefficient (Wildman–Crippen LogP) is 1.14. The van der Waals surface area contributed by atoms with Crippen molar-refractivity contribution >= 4 is 11.9 Å². The van der Waals surface area contributed by atoms with Gasteiger partial charge in [0, 0.05) is 0 Å². The lowest BCUT2D eigenvalue weighted by Gasteiger charge is -2.21. The molecule has 2 N–H and O–H groups in total. The third-order valence-electron chi connectivity index (χ3n) is 2.77. The summed E-state index contributed by atoms with van der Waals surface area (Å²) in [6.07, 6.45) is 5.53. The highest BCUT2D eigenvalue weighted by Gasteiger charge is 2.18. The second-order valence-electron chi connectivity index (χ2n) is 4.46. The van der Waals surface area contributed by atoms with Crippen molar-refractivity contribution in [3.63, 3.8) is 0 Å². The molecule has 1 saturated carbocycles. The molecular weight excluding hydrogens is 222 g/mol. The van der Waals surface area contributed by atoms with Gasteiger partial charge in [0.15, 0.2) is 0 Å². The monoisotopic (exact) mass is 243 g/mol. The Balaban J connectivity index is 2.10. The van der Waals surface area contributed by atoms with Crippen molar-refractivity contribution in [2.45, 2.75) is 57.6 Å². The highest BCUT2D eigenvalue weighted by atomic mass is 16.6. The molecule has 1 fully saturated rings. The van der Waals surface area contributed by atoms with E-state index < -0.39 is 12.0 Å². The van der Waals surface area contributed by atoms with Crippen molar-refractivity contribution < 1.29 is 19.1 Å². The maximum atomic E-state index is 11.4. The number of rotatable bonds is 5. The van der Waals surface area contributed by atoms with E-state index in [0.717, 1.165) is 25.7 Å². The van der Waals surface area contributed by atoms with Crippen LogP contribution in [0.1, 0.15) is 45.4 Å². The molecule has 0 aromatic carbocycles. The summed E-state index contributed by atoms with van der Waals surface area (Å²) in [6, 6.07) is -0.649. The molecule has 1 aliphatic rings. The van der Waals surface area contributed by atoms with E-state index in [0.29, 0.717) is 0 Å². The molecule has 0 radical (unpaired) electrons. The Labute approximate surface area is 102 Å². The van der Waals surface area contributed by atoms with Gasteiger partial charge < -0.3 is 15.2 Å². The molecule has 1 atom stereocenters. The van der Waals surface area contributed by atoms with Gasteiger partial charge in [0.2, 0.25) is 0 Å². The number of hydrogen-bond acceptors (Lipinski definition) is 5. The van der Waals surface area contributed by atoms with Crippen LogP contribution in [0.25, 0.3) is 0 Å². The van der Waals surface area contributed by atoms with Crippen molar-refractivity contribution in [2.75, 3.05) is 6.61 Å². The zero-order valence-corrected chi connectivity index (χ0v) is 10.3. The number of ether oxygens (including phenoxy) is 2. The normalized spacial score (nSPS) is 18.5. The van der Waals surface area contributed by atoms with Crippen LogP contribution in [-0.4, -0.2) is 30.7 Å². The molecule has 1 aliphatic carbocycles. The first-order valence-electron chi connectivity index (χ1n) is 6.21. The van der Waals surface area contributed by atoms with E-state index in [-0.39, 0.29) is 25.1 Å². The van der Waals surface area contributed by atoms with Gasteiger partial charge in [-0.25, -0.2) is 0 Å². The van der Waals surface area contributed by atoms with Gasteiger partial charge in [-0.3, -0.25) is 9.59 Å². The molecule has 0 heterocycles. The van der Waals surface area contributed by atoms with Crippen LogP contribution in [0.3, 0.4) is 0 Å². The molecule has 0 aliphatic heterocycles. The molecule has 0 bridgehead atoms. The van der Waals surface area contributed by atoms with Crippen LogP contribution in [0.4, 0.5) is 0 Å². The minimum atomic E-state index is -0.649. The third kappa shape index (κ3) is 5.68. The van der Waals surface area contributed by atoms with Crippen molar-refractivity contribution in [3.05, 3.63) is 0 Å². The zero-order valence-electron chi connectivity index (χ0n) is 10.3. The number of carbonyl (C=O) groups is 2. The molecule has 5 heteroatoms. The quantitative estimate of drug-likeness (QED) is 0.733. The largest absolute Gasteiger partial charge is 0.464 e. The Kier molecular flexibility index (Phi) is 5.97. The van der Waals surface area contributed by atoms with Crippen LogP contribution in [0.5, 0.6) is 0 Å². The second kappa shape index (κ2) is 7.27. The topological polar surface area (TPSA) is 78.6 Å². The Morgan fingerprint density at radius 1 is 1.29 bits per heavy atom. The molecule has 0 aromatic heterocycles. The third-order valence-corrected chi connectivity index (χ3v) is 2.77. The van der Waals surface area contributed by atoms with Gasteiger partial charge in [-0.05, 0) is 32.6 Å². The molecule has 1 rings (SSSR count). The molecule has 0 spiro atoms. The molecule has 0 saturated heterocycles. The lowest BCUT2D eigenvalue weighted by atomic mass is 9.98. The van der Waals surface area contributed by atoms with E-state index in [1.54, 1.807) is 6.92 Å². The maximum Gasteiger partial charge on any atom is 0.322 e. The average Bonchev–Trinajstić information content (AvgIpc) is 2.30. The highest BCUT2D eigenvalue weighted by molar-refractivity contribution is 5.75. The molecular formula is C12H21NO4. The summed E-state index contributed by atoms with van der Waals surface area (Å²) in [5.41, 5.74) is 5.31. The summed E-state index contributed by atoms with van der Waals surface area (Å²) in [6.45, 7) is 1.59. The first kappa shape index (κ1) is 14.0. The smallest absolute Gasteiger partial charge is 0.322 e. The predicted molar refractivity (Wildman–Crippen MR) is 62.2 cm³/mol. The molecule has 0 unspecified atom stereocenters. The standard InChI is InChI=1S/C12H21NO4/c1-9(13)12(15)16-8-7-11(14)17-10-5-3-2-4-6-10/h9-10H,2-8,13H2,1H3/t9-/m0/s1. The van der Waals surface area contributed by atoms with Crippen LogP contribution >= 0.6 is 0 Å². The lowest BCUT2D eigenvalue weighted by Crippen LogP contribution is -2.29. The summed E-state index contributed by atoms with van der Waals surface area (Å²) < 4.78 is 10.1. The van der Waals surface area contributed by atoms with Crippen LogP contribution in [0, 0.1) is 0 Å². The number of esters is 2. The van der Waals surface area contributed by atoms with E-state index in [9.17, 15) is 9.59 Å². The second-order valence-corrected chi connectivity index (χ2v) is 4.46. The van der Waals surface area contributed by atoms with Gasteiger partial charge in [-0.2, -0.15) is 0 Å². The summed E-state index contributed by atoms with van der Waals surface area (Å²) in [5.74, 6) is -0.787. The summed E-state index contributed by atoms with van der Waals surface area (Å²) in [4.78, 5) is 22.4. The molecule has 5 nitrogen and oxygen atoms in total. The number of hydrogen-bond donors (Lipinski definition) is 1. The lowest BCUT2D eigenvalue weighted by molar-refractivity contribution is -0.154. The SMILES string of the molecule is C[C@H](N)C(=O)OCCC(=O)OC1CCCCC1. The fourth-order valence-corrected chi connectivity index (χ4v) is 1.79. The fraction of sp³-hybridized carbons (Fsp3) is 0.833. The number of nitrogens with two attached hydrogens (primary N) is 1. The highest BCUT2D eigenvalue weighted by Crippen LogP contribution is 2.20. The van der Waals surface area contributed by atoms with Crippen LogP contribution in [-0.2, 0) is 19.1 Å². The number of carbonyl (C=O) groups excluding carboxylic acids is 2. The Morgan fingerprint density at radius 3 is 2.53 bits per heavy atom. The summed E-state index contributed by atoms with van der Waals surface area (Å²) >= 11 is 0. The Hall–Kier alpha value is -1.10. The van der Waals surface area contributed by atoms with Gasteiger partial charge >= 0.3 is 11.9 Å². The maximum absolute atomic E-state index is 11.4. The summed E-state index contributed by atoms with van der Waals surface area (Å²) in [7, 11) is 0. The van der Waals surface area contributed by atoms with Gasteiger partial charge in [0.05, 0.1) is 6.42 Å². The van der Waals surface area contributed by atoms with Crippen LogP contribution in [0.2, 0.25) is 0 Å². The van der Waals surface area contributed by atoms with Gasteiger partial charge in [-0.15, -0.1) is 0 Å². The van der Waals surface area contributed by atoms with Crippen molar-refractivity contribution in [2.24, 2.45) is 5.73 Å².